The zero-order chi connectivity index (χ0) is 16.0. The average molecular weight is 298 g/mol. The van der Waals surface area contributed by atoms with Crippen LogP contribution in [0, 0.1) is 5.92 Å². The molecule has 0 aliphatic heterocycles. The molecule has 0 fully saturated rings. The molecule has 1 unspecified atom stereocenters. The maximum absolute atomic E-state index is 12.0. The van der Waals surface area contributed by atoms with Gasteiger partial charge in [-0.2, -0.15) is 4.80 Å². The topological polar surface area (TPSA) is 111 Å². The molecule has 0 radical (unpaired) electrons. The van der Waals surface area contributed by atoms with Gasteiger partial charge in [0.15, 0.2) is 0 Å². The number of urea groups is 1. The van der Waals surface area contributed by atoms with Gasteiger partial charge < -0.3 is 10.1 Å². The smallest absolute Gasteiger partial charge is 0.322 e. The molecule has 2 N–H and O–H groups in total. The summed E-state index contributed by atoms with van der Waals surface area (Å²) in [5.74, 6) is -0.230. The minimum Gasteiger partial charge on any atom is -0.466 e. The van der Waals surface area contributed by atoms with Crippen LogP contribution in [-0.2, 0) is 16.6 Å². The molecule has 0 saturated heterocycles. The van der Waals surface area contributed by atoms with E-state index in [1.807, 2.05) is 13.8 Å². The van der Waals surface area contributed by atoms with Crippen LogP contribution in [0.4, 0.5) is 10.7 Å². The van der Waals surface area contributed by atoms with E-state index in [9.17, 15) is 9.59 Å². The van der Waals surface area contributed by atoms with E-state index in [1.54, 1.807) is 20.9 Å². The molecule has 9 heteroatoms. The van der Waals surface area contributed by atoms with Crippen molar-refractivity contribution in [2.75, 3.05) is 11.9 Å². The Morgan fingerprint density at radius 2 is 2.10 bits per heavy atom. The highest BCUT2D eigenvalue weighted by atomic mass is 16.5. The number of tetrazole rings is 1. The number of ether oxygens (including phenoxy) is 1. The standard InChI is InChI=1S/C12H22N6O3/c1-6-21-9(19)7-12(4,8(2)3)14-11(20)13-10-15-17-18(5)16-10/h8H,6-7H2,1-5H3,(H2,13,14,16,20). The third-order valence-corrected chi connectivity index (χ3v) is 3.22. The number of nitrogens with zero attached hydrogens (tertiary/aromatic N) is 4. The van der Waals surface area contributed by atoms with Gasteiger partial charge in [-0.05, 0) is 25.0 Å². The normalized spacial score (nSPS) is 13.6. The van der Waals surface area contributed by atoms with Crippen molar-refractivity contribution in [1.29, 1.82) is 0 Å². The maximum Gasteiger partial charge on any atom is 0.322 e. The summed E-state index contributed by atoms with van der Waals surface area (Å²) in [6.07, 6.45) is 0.0832. The van der Waals surface area contributed by atoms with Crippen LogP contribution in [0.3, 0.4) is 0 Å². The molecule has 0 aliphatic carbocycles. The molecule has 1 heterocycles. The molecule has 1 atom stereocenters. The number of carbonyl (C=O) groups is 2. The lowest BCUT2D eigenvalue weighted by Gasteiger charge is -2.33. The van der Waals surface area contributed by atoms with Crippen LogP contribution in [-0.4, -0.2) is 44.4 Å². The van der Waals surface area contributed by atoms with Crippen LogP contribution in [0.1, 0.15) is 34.1 Å². The summed E-state index contributed by atoms with van der Waals surface area (Å²) in [5.41, 5.74) is -0.738. The van der Waals surface area contributed by atoms with Crippen LogP contribution >= 0.6 is 0 Å². The Balaban J connectivity index is 2.68. The first-order valence-corrected chi connectivity index (χ1v) is 6.75. The van der Waals surface area contributed by atoms with Crippen LogP contribution in [0.5, 0.6) is 0 Å². The summed E-state index contributed by atoms with van der Waals surface area (Å²) >= 11 is 0. The highest BCUT2D eigenvalue weighted by Crippen LogP contribution is 2.21. The van der Waals surface area contributed by atoms with Crippen LogP contribution < -0.4 is 10.6 Å². The van der Waals surface area contributed by atoms with Crippen molar-refractivity contribution in [3.8, 4) is 0 Å². The van der Waals surface area contributed by atoms with E-state index in [4.69, 9.17) is 4.74 Å². The number of rotatable bonds is 6. The number of hydrogen-bond donors (Lipinski definition) is 2. The van der Waals surface area contributed by atoms with Gasteiger partial charge in [-0.3, -0.25) is 10.1 Å². The Morgan fingerprint density at radius 3 is 2.57 bits per heavy atom. The van der Waals surface area contributed by atoms with Crippen molar-refractivity contribution >= 4 is 17.9 Å². The van der Waals surface area contributed by atoms with E-state index in [0.717, 1.165) is 0 Å². The molecule has 1 aromatic rings. The largest absolute Gasteiger partial charge is 0.466 e. The van der Waals surface area contributed by atoms with Gasteiger partial charge in [-0.15, -0.1) is 5.10 Å². The van der Waals surface area contributed by atoms with Crippen molar-refractivity contribution in [2.24, 2.45) is 13.0 Å². The molecule has 1 rings (SSSR count). The monoisotopic (exact) mass is 298 g/mol. The Hall–Kier alpha value is -2.19. The fourth-order valence-electron chi connectivity index (χ4n) is 1.63. The second-order valence-corrected chi connectivity index (χ2v) is 5.24. The number of carbonyl (C=O) groups excluding carboxylic acids is 2. The highest BCUT2D eigenvalue weighted by Gasteiger charge is 2.33. The number of esters is 1. The quantitative estimate of drug-likeness (QED) is 0.748. The highest BCUT2D eigenvalue weighted by molar-refractivity contribution is 5.88. The van der Waals surface area contributed by atoms with E-state index in [0.29, 0.717) is 6.61 Å². The Morgan fingerprint density at radius 1 is 1.43 bits per heavy atom. The molecule has 0 bridgehead atoms. The first-order chi connectivity index (χ1) is 9.76. The third kappa shape index (κ3) is 5.01. The van der Waals surface area contributed by atoms with Crippen molar-refractivity contribution in [1.82, 2.24) is 25.5 Å². The Labute approximate surface area is 123 Å². The third-order valence-electron chi connectivity index (χ3n) is 3.22. The first kappa shape index (κ1) is 16.9. The molecule has 118 valence electrons. The van der Waals surface area contributed by atoms with Gasteiger partial charge in [0.1, 0.15) is 0 Å². The fourth-order valence-corrected chi connectivity index (χ4v) is 1.63. The van der Waals surface area contributed by atoms with E-state index >= 15 is 0 Å². The van der Waals surface area contributed by atoms with Crippen LogP contribution in [0.2, 0.25) is 0 Å². The summed E-state index contributed by atoms with van der Waals surface area (Å²) in [7, 11) is 1.59. The first-order valence-electron chi connectivity index (χ1n) is 6.75. The van der Waals surface area contributed by atoms with Gasteiger partial charge in [-0.25, -0.2) is 4.79 Å². The van der Waals surface area contributed by atoms with Crippen molar-refractivity contribution in [3.05, 3.63) is 0 Å². The summed E-state index contributed by atoms with van der Waals surface area (Å²) in [5, 5.41) is 16.4. The lowest BCUT2D eigenvalue weighted by Crippen LogP contribution is -2.53. The van der Waals surface area contributed by atoms with Gasteiger partial charge in [0.25, 0.3) is 5.95 Å². The summed E-state index contributed by atoms with van der Waals surface area (Å²) in [4.78, 5) is 24.9. The number of aromatic nitrogens is 4. The van der Waals surface area contributed by atoms with Gasteiger partial charge in [0.05, 0.1) is 25.6 Å². The average Bonchev–Trinajstić information content (AvgIpc) is 2.74. The molecule has 0 spiro atoms. The number of hydrogen-bond acceptors (Lipinski definition) is 6. The van der Waals surface area contributed by atoms with Gasteiger partial charge in [-0.1, -0.05) is 18.9 Å². The number of anilines is 1. The van der Waals surface area contributed by atoms with Gasteiger partial charge in [0, 0.05) is 0 Å². The van der Waals surface area contributed by atoms with Crippen LogP contribution in [0.25, 0.3) is 0 Å². The van der Waals surface area contributed by atoms with E-state index in [1.165, 1.54) is 4.80 Å². The second kappa shape index (κ2) is 7.00. The Kier molecular flexibility index (Phi) is 5.62. The van der Waals surface area contributed by atoms with Crippen molar-refractivity contribution < 1.29 is 14.3 Å². The summed E-state index contributed by atoms with van der Waals surface area (Å²) < 4.78 is 4.94. The lowest BCUT2D eigenvalue weighted by molar-refractivity contribution is -0.145. The molecule has 0 saturated carbocycles. The van der Waals surface area contributed by atoms with Crippen molar-refractivity contribution in [2.45, 2.75) is 39.7 Å². The molecule has 0 aliphatic rings. The molecule has 0 aromatic carbocycles. The SMILES string of the molecule is CCOC(=O)CC(C)(NC(=O)Nc1nnn(C)n1)C(C)C. The molecule has 9 nitrogen and oxygen atoms in total. The number of nitrogens with one attached hydrogen (secondary N) is 2. The van der Waals surface area contributed by atoms with Gasteiger partial charge in [0.2, 0.25) is 0 Å². The predicted molar refractivity (Wildman–Crippen MR) is 75.4 cm³/mol. The molecule has 21 heavy (non-hydrogen) atoms. The lowest BCUT2D eigenvalue weighted by atomic mass is 9.85. The maximum atomic E-state index is 12.0. The zero-order valence-corrected chi connectivity index (χ0v) is 13.0. The zero-order valence-electron chi connectivity index (χ0n) is 13.0. The minimum atomic E-state index is -0.738. The van der Waals surface area contributed by atoms with E-state index in [-0.39, 0.29) is 24.3 Å². The molecule has 2 amide bonds. The molecular formula is C12H22N6O3. The van der Waals surface area contributed by atoms with E-state index in [2.05, 4.69) is 26.0 Å². The minimum absolute atomic E-state index is 0.0301. The molecular weight excluding hydrogens is 276 g/mol. The summed E-state index contributed by atoms with van der Waals surface area (Å²) in [6, 6.07) is -0.497. The summed E-state index contributed by atoms with van der Waals surface area (Å²) in [6.45, 7) is 7.67. The second-order valence-electron chi connectivity index (χ2n) is 5.24. The fraction of sp³-hybridized carbons (Fsp3) is 0.750. The number of aryl methyl sites for hydroxylation is 1. The number of amides is 2. The predicted octanol–water partition coefficient (Wildman–Crippen LogP) is 0.699. The van der Waals surface area contributed by atoms with E-state index < -0.39 is 11.6 Å². The molecule has 1 aromatic heterocycles. The van der Waals surface area contributed by atoms with Crippen molar-refractivity contribution in [3.63, 3.8) is 0 Å². The van der Waals surface area contributed by atoms with Crippen LogP contribution in [0.15, 0.2) is 0 Å². The van der Waals surface area contributed by atoms with Gasteiger partial charge >= 0.3 is 12.0 Å². The Bertz CT molecular complexity index is 501.